The molecule has 108 valence electrons. The molecule has 0 saturated heterocycles. The van der Waals surface area contributed by atoms with Gasteiger partial charge in [0.05, 0.1) is 16.8 Å². The number of rotatable bonds is 2. The van der Waals surface area contributed by atoms with Crippen LogP contribution in [-0.2, 0) is 9.84 Å². The van der Waals surface area contributed by atoms with Crippen molar-refractivity contribution in [2.45, 2.75) is 10.4 Å². The van der Waals surface area contributed by atoms with Crippen molar-refractivity contribution < 1.29 is 26.7 Å². The number of imidazole rings is 1. The monoisotopic (exact) mass is 308 g/mol. The van der Waals surface area contributed by atoms with E-state index in [9.17, 15) is 31.5 Å². The van der Waals surface area contributed by atoms with E-state index < -0.39 is 31.8 Å². The highest BCUT2D eigenvalue weighted by Crippen LogP contribution is 2.30. The highest BCUT2D eigenvalue weighted by molar-refractivity contribution is 7.92. The van der Waals surface area contributed by atoms with Crippen LogP contribution in [-0.4, -0.2) is 28.6 Å². The Kier molecular flexibility index (Phi) is 3.12. The molecule has 2 N–H and O–H groups in total. The largest absolute Gasteiger partial charge is 0.501 e. The van der Waals surface area contributed by atoms with Gasteiger partial charge in [-0.2, -0.15) is 13.2 Å². The second-order valence-electron chi connectivity index (χ2n) is 3.73. The molecule has 0 unspecified atom stereocenters. The van der Waals surface area contributed by atoms with E-state index in [0.717, 1.165) is 22.9 Å². The van der Waals surface area contributed by atoms with Crippen LogP contribution in [0, 0.1) is 0 Å². The van der Waals surface area contributed by atoms with Gasteiger partial charge in [0, 0.05) is 0 Å². The number of benzene rings is 1. The summed E-state index contributed by atoms with van der Waals surface area (Å²) in [6, 6.07) is 3.37. The van der Waals surface area contributed by atoms with Gasteiger partial charge in [-0.05, 0) is 24.3 Å². The molecular formula is C10H7F3N2O4S. The van der Waals surface area contributed by atoms with Crippen molar-refractivity contribution in [3.8, 4) is 11.6 Å². The summed E-state index contributed by atoms with van der Waals surface area (Å²) in [4.78, 5) is 12.5. The molecule has 6 nitrogen and oxygen atoms in total. The number of aromatic hydroxyl groups is 1. The lowest BCUT2D eigenvalue weighted by Crippen LogP contribution is -2.23. The first kappa shape index (κ1) is 14.2. The average molecular weight is 308 g/mol. The number of nitrogens with one attached hydrogen (secondary N) is 1. The fourth-order valence-electron chi connectivity index (χ4n) is 1.52. The third-order valence-electron chi connectivity index (χ3n) is 2.47. The molecule has 0 aliphatic heterocycles. The number of alkyl halides is 3. The standard InChI is InChI=1S/C10H7F3N2O4S/c11-10(12,13)20(18,19)7-3-1-6(2-4-7)15-8(16)5-14-9(15)17/h1-5,16H,(H,14,17). The van der Waals surface area contributed by atoms with Crippen molar-refractivity contribution in [3.05, 3.63) is 40.9 Å². The number of halogens is 3. The zero-order valence-electron chi connectivity index (χ0n) is 9.55. The maximum Gasteiger partial charge on any atom is 0.501 e. The van der Waals surface area contributed by atoms with Crippen molar-refractivity contribution in [3.63, 3.8) is 0 Å². The Hall–Kier alpha value is -2.23. The summed E-state index contributed by atoms with van der Waals surface area (Å²) in [7, 11) is -5.44. The molecule has 1 aromatic carbocycles. The van der Waals surface area contributed by atoms with Gasteiger partial charge in [0.15, 0.2) is 0 Å². The van der Waals surface area contributed by atoms with Crippen molar-refractivity contribution >= 4 is 9.84 Å². The van der Waals surface area contributed by atoms with Gasteiger partial charge in [0.1, 0.15) is 0 Å². The predicted molar refractivity (Wildman–Crippen MR) is 61.3 cm³/mol. The Bertz CT molecular complexity index is 787. The van der Waals surface area contributed by atoms with Gasteiger partial charge in [0.25, 0.3) is 9.84 Å². The summed E-state index contributed by atoms with van der Waals surface area (Å²) in [6.45, 7) is 0. The summed E-state index contributed by atoms with van der Waals surface area (Å²) < 4.78 is 60.0. The quantitative estimate of drug-likeness (QED) is 0.871. The number of aromatic nitrogens is 2. The number of hydrogen-bond acceptors (Lipinski definition) is 4. The van der Waals surface area contributed by atoms with Crippen molar-refractivity contribution in [1.82, 2.24) is 9.55 Å². The van der Waals surface area contributed by atoms with Gasteiger partial charge in [-0.25, -0.2) is 17.8 Å². The number of hydrogen-bond donors (Lipinski definition) is 2. The van der Waals surface area contributed by atoms with Crippen LogP contribution in [0.5, 0.6) is 5.88 Å². The molecule has 0 fully saturated rings. The van der Waals surface area contributed by atoms with Gasteiger partial charge >= 0.3 is 11.2 Å². The molecule has 10 heteroatoms. The maximum atomic E-state index is 12.3. The molecule has 2 rings (SSSR count). The SMILES string of the molecule is O=c1[nH]cc(O)n1-c1ccc(S(=O)(=O)C(F)(F)F)cc1. The van der Waals surface area contributed by atoms with Crippen LogP contribution in [0.3, 0.4) is 0 Å². The zero-order valence-corrected chi connectivity index (χ0v) is 10.4. The Morgan fingerprint density at radius 3 is 2.10 bits per heavy atom. The molecule has 1 aromatic heterocycles. The van der Waals surface area contributed by atoms with E-state index in [2.05, 4.69) is 4.98 Å². The zero-order chi connectivity index (χ0) is 15.1. The summed E-state index contributed by atoms with van der Waals surface area (Å²) in [6.07, 6.45) is 0.989. The minimum absolute atomic E-state index is 0.0230. The normalized spacial score (nSPS) is 12.6. The lowest BCUT2D eigenvalue weighted by atomic mass is 10.3. The smallest absolute Gasteiger partial charge is 0.493 e. The van der Waals surface area contributed by atoms with E-state index in [0.29, 0.717) is 12.1 Å². The van der Waals surface area contributed by atoms with E-state index in [4.69, 9.17) is 0 Å². The van der Waals surface area contributed by atoms with Crippen LogP contribution in [0.15, 0.2) is 40.2 Å². The van der Waals surface area contributed by atoms with Crippen molar-refractivity contribution in [2.24, 2.45) is 0 Å². The van der Waals surface area contributed by atoms with E-state index in [-0.39, 0.29) is 5.69 Å². The Balaban J connectivity index is 2.50. The first-order valence-corrected chi connectivity index (χ1v) is 6.54. The van der Waals surface area contributed by atoms with Gasteiger partial charge in [-0.3, -0.25) is 0 Å². The molecule has 2 aromatic rings. The molecule has 0 aliphatic carbocycles. The average Bonchev–Trinajstić information content (AvgIpc) is 2.68. The molecule has 0 saturated carbocycles. The second-order valence-corrected chi connectivity index (χ2v) is 5.67. The first-order valence-electron chi connectivity index (χ1n) is 5.06. The number of sulfone groups is 1. The van der Waals surface area contributed by atoms with Gasteiger partial charge < -0.3 is 10.1 Å². The van der Waals surface area contributed by atoms with Crippen LogP contribution in [0.2, 0.25) is 0 Å². The summed E-state index contributed by atoms with van der Waals surface area (Å²) >= 11 is 0. The molecule has 1 heterocycles. The molecule has 20 heavy (non-hydrogen) atoms. The van der Waals surface area contributed by atoms with E-state index >= 15 is 0 Å². The third-order valence-corrected chi connectivity index (χ3v) is 3.97. The lowest BCUT2D eigenvalue weighted by molar-refractivity contribution is -0.0436. The van der Waals surface area contributed by atoms with Gasteiger partial charge in [-0.1, -0.05) is 0 Å². The van der Waals surface area contributed by atoms with Crippen LogP contribution in [0.1, 0.15) is 0 Å². The maximum absolute atomic E-state index is 12.3. The van der Waals surface area contributed by atoms with Gasteiger partial charge in [0.2, 0.25) is 5.88 Å². The summed E-state index contributed by atoms with van der Waals surface area (Å²) in [5.41, 5.74) is -6.09. The highest BCUT2D eigenvalue weighted by atomic mass is 32.2. The number of aromatic amines is 1. The highest BCUT2D eigenvalue weighted by Gasteiger charge is 2.46. The third kappa shape index (κ3) is 2.18. The first-order chi connectivity index (χ1) is 9.14. The Morgan fingerprint density at radius 2 is 1.70 bits per heavy atom. The molecule has 0 aliphatic rings. The minimum atomic E-state index is -5.44. The fourth-order valence-corrected chi connectivity index (χ4v) is 2.28. The van der Waals surface area contributed by atoms with Crippen molar-refractivity contribution in [2.75, 3.05) is 0 Å². The molecule has 0 radical (unpaired) electrons. The van der Waals surface area contributed by atoms with E-state index in [1.165, 1.54) is 0 Å². The number of H-pyrrole nitrogens is 1. The molecule has 0 spiro atoms. The second kappa shape index (κ2) is 4.40. The molecular weight excluding hydrogens is 301 g/mol. The number of nitrogens with zero attached hydrogens (tertiary/aromatic N) is 1. The molecule has 0 amide bonds. The lowest BCUT2D eigenvalue weighted by Gasteiger charge is -2.09. The van der Waals surface area contributed by atoms with Crippen LogP contribution >= 0.6 is 0 Å². The van der Waals surface area contributed by atoms with Crippen LogP contribution in [0.25, 0.3) is 5.69 Å². The van der Waals surface area contributed by atoms with E-state index in [1.807, 2.05) is 0 Å². The predicted octanol–water partition coefficient (Wildman–Crippen LogP) is 1.16. The van der Waals surface area contributed by atoms with Crippen molar-refractivity contribution in [1.29, 1.82) is 0 Å². The topological polar surface area (TPSA) is 92.2 Å². The van der Waals surface area contributed by atoms with Gasteiger partial charge in [-0.15, -0.1) is 0 Å². The van der Waals surface area contributed by atoms with E-state index in [1.54, 1.807) is 0 Å². The minimum Gasteiger partial charge on any atom is -0.493 e. The Labute approximate surface area is 110 Å². The summed E-state index contributed by atoms with van der Waals surface area (Å²) in [5.74, 6) is -0.457. The molecule has 0 bridgehead atoms. The summed E-state index contributed by atoms with van der Waals surface area (Å²) in [5, 5.41) is 9.38. The van der Waals surface area contributed by atoms with Crippen LogP contribution < -0.4 is 5.69 Å². The van der Waals surface area contributed by atoms with Crippen LogP contribution in [0.4, 0.5) is 13.2 Å². The Morgan fingerprint density at radius 1 is 1.15 bits per heavy atom. The molecule has 0 atom stereocenters. The fraction of sp³-hybridized carbons (Fsp3) is 0.100.